The lowest BCUT2D eigenvalue weighted by Crippen LogP contribution is -2.62. The van der Waals surface area contributed by atoms with Crippen LogP contribution in [0, 0.1) is 0 Å². The number of hydrogen-bond acceptors (Lipinski definition) is 3. The van der Waals surface area contributed by atoms with Crippen molar-refractivity contribution in [2.24, 2.45) is 0 Å². The summed E-state index contributed by atoms with van der Waals surface area (Å²) >= 11 is 0. The summed E-state index contributed by atoms with van der Waals surface area (Å²) in [6.45, 7) is 7.18. The van der Waals surface area contributed by atoms with Gasteiger partial charge in [-0.25, -0.2) is 0 Å². The van der Waals surface area contributed by atoms with Gasteiger partial charge in [0.2, 0.25) is 0 Å². The Morgan fingerprint density at radius 3 is 2.32 bits per heavy atom. The largest absolute Gasteiger partial charge is 0.305 e. The van der Waals surface area contributed by atoms with E-state index in [2.05, 4.69) is 66.1 Å². The fraction of sp³-hybridized carbons (Fsp3) is 0.684. The molecule has 0 spiro atoms. The van der Waals surface area contributed by atoms with Crippen LogP contribution in [-0.2, 0) is 6.54 Å². The van der Waals surface area contributed by atoms with Crippen LogP contribution in [0.15, 0.2) is 30.3 Å². The van der Waals surface area contributed by atoms with Gasteiger partial charge in [-0.05, 0) is 39.4 Å². The zero-order chi connectivity index (χ0) is 15.5. The van der Waals surface area contributed by atoms with Gasteiger partial charge in [-0.15, -0.1) is 0 Å². The van der Waals surface area contributed by atoms with E-state index in [4.69, 9.17) is 0 Å². The van der Waals surface area contributed by atoms with Crippen LogP contribution in [0.1, 0.15) is 31.7 Å². The van der Waals surface area contributed by atoms with Crippen LogP contribution in [0.4, 0.5) is 0 Å². The summed E-state index contributed by atoms with van der Waals surface area (Å²) in [5.74, 6) is 0. The number of hydrogen-bond donors (Lipinski definition) is 0. The molecule has 3 unspecified atom stereocenters. The topological polar surface area (TPSA) is 9.72 Å². The number of piperidine rings is 1. The van der Waals surface area contributed by atoms with E-state index in [0.29, 0.717) is 6.04 Å². The first kappa shape index (κ1) is 16.0. The predicted octanol–water partition coefficient (Wildman–Crippen LogP) is 2.68. The lowest BCUT2D eigenvalue weighted by atomic mass is 9.90. The predicted molar refractivity (Wildman–Crippen MR) is 93.0 cm³/mol. The normalized spacial score (nSPS) is 28.0. The van der Waals surface area contributed by atoms with E-state index in [1.807, 2.05) is 0 Å². The monoisotopic (exact) mass is 301 g/mol. The molecule has 0 N–H and O–H groups in total. The van der Waals surface area contributed by atoms with Gasteiger partial charge in [0, 0.05) is 44.3 Å². The van der Waals surface area contributed by atoms with E-state index < -0.39 is 0 Å². The second-order valence-electron chi connectivity index (χ2n) is 7.43. The van der Waals surface area contributed by atoms with Gasteiger partial charge in [0.1, 0.15) is 0 Å². The SMILES string of the molecule is CC(CN1C2CCCC1CN(Cc1ccccc1)C2)N(C)C. The van der Waals surface area contributed by atoms with Gasteiger partial charge in [-0.2, -0.15) is 0 Å². The summed E-state index contributed by atoms with van der Waals surface area (Å²) < 4.78 is 0. The molecule has 1 aromatic carbocycles. The molecular weight excluding hydrogens is 270 g/mol. The highest BCUT2D eigenvalue weighted by Crippen LogP contribution is 2.29. The molecule has 1 aromatic rings. The van der Waals surface area contributed by atoms with Gasteiger partial charge in [0.05, 0.1) is 0 Å². The maximum Gasteiger partial charge on any atom is 0.0235 e. The van der Waals surface area contributed by atoms with Crippen LogP contribution in [0.5, 0.6) is 0 Å². The van der Waals surface area contributed by atoms with Gasteiger partial charge in [-0.1, -0.05) is 36.8 Å². The molecule has 2 heterocycles. The minimum absolute atomic E-state index is 0.642. The van der Waals surface area contributed by atoms with Crippen LogP contribution in [0.3, 0.4) is 0 Å². The maximum absolute atomic E-state index is 2.82. The molecule has 0 amide bonds. The highest BCUT2D eigenvalue weighted by molar-refractivity contribution is 5.14. The molecule has 2 aliphatic heterocycles. The number of rotatable bonds is 5. The summed E-state index contributed by atoms with van der Waals surface area (Å²) in [6, 6.07) is 13.1. The maximum atomic E-state index is 2.82. The third-order valence-corrected chi connectivity index (χ3v) is 5.56. The molecule has 2 fully saturated rings. The van der Waals surface area contributed by atoms with Crippen molar-refractivity contribution in [1.82, 2.24) is 14.7 Å². The summed E-state index contributed by atoms with van der Waals surface area (Å²) in [7, 11) is 4.40. The van der Waals surface area contributed by atoms with Crippen LogP contribution in [-0.4, -0.2) is 66.6 Å². The van der Waals surface area contributed by atoms with E-state index in [1.165, 1.54) is 44.5 Å². The Balaban J connectivity index is 1.63. The second kappa shape index (κ2) is 7.12. The Kier molecular flexibility index (Phi) is 5.17. The summed E-state index contributed by atoms with van der Waals surface area (Å²) in [6.07, 6.45) is 4.17. The van der Waals surface area contributed by atoms with Gasteiger partial charge in [-0.3, -0.25) is 9.80 Å². The van der Waals surface area contributed by atoms with Gasteiger partial charge < -0.3 is 4.90 Å². The molecule has 3 rings (SSSR count). The van der Waals surface area contributed by atoms with Crippen LogP contribution >= 0.6 is 0 Å². The quantitative estimate of drug-likeness (QED) is 0.828. The zero-order valence-corrected chi connectivity index (χ0v) is 14.4. The first-order valence-electron chi connectivity index (χ1n) is 8.82. The van der Waals surface area contributed by atoms with Crippen molar-refractivity contribution in [2.75, 3.05) is 33.7 Å². The van der Waals surface area contributed by atoms with E-state index in [0.717, 1.165) is 18.6 Å². The van der Waals surface area contributed by atoms with Crippen molar-refractivity contribution < 1.29 is 0 Å². The van der Waals surface area contributed by atoms with Crippen molar-refractivity contribution in [3.05, 3.63) is 35.9 Å². The van der Waals surface area contributed by atoms with Crippen molar-refractivity contribution >= 4 is 0 Å². The molecule has 2 saturated heterocycles. The minimum Gasteiger partial charge on any atom is -0.305 e. The highest BCUT2D eigenvalue weighted by Gasteiger charge is 2.37. The third kappa shape index (κ3) is 3.70. The Bertz CT molecular complexity index is 445. The molecule has 0 saturated carbocycles. The molecule has 122 valence electrons. The number of likely N-dealkylation sites (N-methyl/N-ethyl adjacent to an activating group) is 1. The molecular formula is C19H31N3. The first-order valence-corrected chi connectivity index (χ1v) is 8.82. The number of benzene rings is 1. The Hall–Kier alpha value is -0.900. The number of piperazine rings is 1. The van der Waals surface area contributed by atoms with Gasteiger partial charge in [0.25, 0.3) is 0 Å². The van der Waals surface area contributed by atoms with Crippen molar-refractivity contribution in [3.8, 4) is 0 Å². The zero-order valence-electron chi connectivity index (χ0n) is 14.4. The molecule has 3 nitrogen and oxygen atoms in total. The molecule has 22 heavy (non-hydrogen) atoms. The average molecular weight is 301 g/mol. The summed E-state index contributed by atoms with van der Waals surface area (Å²) in [5, 5.41) is 0. The lowest BCUT2D eigenvalue weighted by Gasteiger charge is -2.51. The number of fused-ring (bicyclic) bond motifs is 2. The molecule has 2 bridgehead atoms. The van der Waals surface area contributed by atoms with Crippen LogP contribution in [0.25, 0.3) is 0 Å². The average Bonchev–Trinajstić information content (AvgIpc) is 2.49. The first-order chi connectivity index (χ1) is 10.6. The number of likely N-dealkylation sites (tertiary alicyclic amines) is 1. The summed E-state index contributed by atoms with van der Waals surface area (Å²) in [4.78, 5) is 7.85. The molecule has 0 radical (unpaired) electrons. The highest BCUT2D eigenvalue weighted by atomic mass is 15.3. The fourth-order valence-corrected chi connectivity index (χ4v) is 4.02. The number of nitrogens with zero attached hydrogens (tertiary/aromatic N) is 3. The van der Waals surface area contributed by atoms with Gasteiger partial charge >= 0.3 is 0 Å². The fourth-order valence-electron chi connectivity index (χ4n) is 4.02. The van der Waals surface area contributed by atoms with Crippen LogP contribution in [0.2, 0.25) is 0 Å². The Morgan fingerprint density at radius 2 is 1.73 bits per heavy atom. The molecule has 3 atom stereocenters. The molecule has 0 aromatic heterocycles. The van der Waals surface area contributed by atoms with Crippen molar-refractivity contribution in [3.63, 3.8) is 0 Å². The van der Waals surface area contributed by atoms with E-state index >= 15 is 0 Å². The Morgan fingerprint density at radius 1 is 1.09 bits per heavy atom. The molecule has 2 aliphatic rings. The third-order valence-electron chi connectivity index (χ3n) is 5.56. The van der Waals surface area contributed by atoms with Gasteiger partial charge in [0.15, 0.2) is 0 Å². The standard InChI is InChI=1S/C19H31N3/c1-16(20(2)3)12-22-18-10-7-11-19(22)15-21(14-18)13-17-8-5-4-6-9-17/h4-6,8-9,16,18-19H,7,10-15H2,1-3H3. The smallest absolute Gasteiger partial charge is 0.0235 e. The van der Waals surface area contributed by atoms with Crippen LogP contribution < -0.4 is 0 Å². The molecule has 3 heteroatoms. The second-order valence-corrected chi connectivity index (χ2v) is 7.43. The lowest BCUT2D eigenvalue weighted by molar-refractivity contribution is -0.0227. The summed E-state index contributed by atoms with van der Waals surface area (Å²) in [5.41, 5.74) is 1.45. The van der Waals surface area contributed by atoms with E-state index in [9.17, 15) is 0 Å². The van der Waals surface area contributed by atoms with Crippen molar-refractivity contribution in [2.45, 2.75) is 50.9 Å². The molecule has 0 aliphatic carbocycles. The van der Waals surface area contributed by atoms with E-state index in [-0.39, 0.29) is 0 Å². The minimum atomic E-state index is 0.642. The van der Waals surface area contributed by atoms with E-state index in [1.54, 1.807) is 0 Å². The van der Waals surface area contributed by atoms with Crippen molar-refractivity contribution in [1.29, 1.82) is 0 Å². The Labute approximate surface area is 135 Å².